The Morgan fingerprint density at radius 2 is 1.96 bits per heavy atom. The smallest absolute Gasteiger partial charge is 0.281 e. The van der Waals surface area contributed by atoms with E-state index in [4.69, 9.17) is 21.1 Å². The molecule has 1 heterocycles. The van der Waals surface area contributed by atoms with Crippen LogP contribution >= 0.6 is 22.9 Å². The van der Waals surface area contributed by atoms with E-state index in [1.807, 2.05) is 60.8 Å². The molecule has 0 atom stereocenters. The lowest BCUT2D eigenvalue weighted by Crippen LogP contribution is -2.16. The van der Waals surface area contributed by atoms with Crippen molar-refractivity contribution in [2.75, 3.05) is 6.61 Å². The summed E-state index contributed by atoms with van der Waals surface area (Å²) in [6, 6.07) is 16.5. The predicted octanol–water partition coefficient (Wildman–Crippen LogP) is 5.14. The standard InChI is InChI=1S/C21H19ClN2O3S/c1-2-26-19-12-16(13-23-24-21(25)20-4-3-11-28-20)7-10-18(19)27-14-15-5-8-17(22)9-6-15/h3-13H,2,14H2,1H3,(H,24,25). The maximum absolute atomic E-state index is 11.9. The van der Waals surface area contributed by atoms with Gasteiger partial charge in [-0.2, -0.15) is 5.10 Å². The van der Waals surface area contributed by atoms with Gasteiger partial charge in [0.25, 0.3) is 5.91 Å². The molecule has 0 unspecified atom stereocenters. The first-order valence-corrected chi connectivity index (χ1v) is 9.92. The third-order valence-electron chi connectivity index (χ3n) is 3.70. The van der Waals surface area contributed by atoms with Crippen LogP contribution in [0.2, 0.25) is 5.02 Å². The van der Waals surface area contributed by atoms with Crippen molar-refractivity contribution in [3.63, 3.8) is 0 Å². The molecule has 28 heavy (non-hydrogen) atoms. The van der Waals surface area contributed by atoms with Crippen LogP contribution in [0.25, 0.3) is 0 Å². The monoisotopic (exact) mass is 414 g/mol. The van der Waals surface area contributed by atoms with Gasteiger partial charge >= 0.3 is 0 Å². The van der Waals surface area contributed by atoms with Gasteiger partial charge in [-0.1, -0.05) is 29.8 Å². The minimum Gasteiger partial charge on any atom is -0.490 e. The average Bonchev–Trinajstić information content (AvgIpc) is 3.24. The number of hydrogen-bond donors (Lipinski definition) is 1. The third-order valence-corrected chi connectivity index (χ3v) is 4.82. The zero-order valence-electron chi connectivity index (χ0n) is 15.2. The molecule has 1 amide bonds. The van der Waals surface area contributed by atoms with Crippen LogP contribution in [0.3, 0.4) is 0 Å². The summed E-state index contributed by atoms with van der Waals surface area (Å²) in [5.41, 5.74) is 4.30. The minimum atomic E-state index is -0.237. The number of hydrazone groups is 1. The van der Waals surface area contributed by atoms with E-state index in [2.05, 4.69) is 10.5 Å². The van der Waals surface area contributed by atoms with E-state index in [-0.39, 0.29) is 5.91 Å². The Hall–Kier alpha value is -2.83. The number of benzene rings is 2. The molecule has 0 bridgehead atoms. The first-order chi connectivity index (χ1) is 13.7. The van der Waals surface area contributed by atoms with E-state index < -0.39 is 0 Å². The maximum Gasteiger partial charge on any atom is 0.281 e. The van der Waals surface area contributed by atoms with E-state index in [9.17, 15) is 4.79 Å². The van der Waals surface area contributed by atoms with Crippen LogP contribution in [0.5, 0.6) is 11.5 Å². The van der Waals surface area contributed by atoms with Gasteiger partial charge in [-0.3, -0.25) is 4.79 Å². The fourth-order valence-corrected chi connectivity index (χ4v) is 3.10. The summed E-state index contributed by atoms with van der Waals surface area (Å²) in [4.78, 5) is 12.5. The highest BCUT2D eigenvalue weighted by atomic mass is 35.5. The molecular weight excluding hydrogens is 396 g/mol. The topological polar surface area (TPSA) is 59.9 Å². The van der Waals surface area contributed by atoms with Gasteiger partial charge in [0.1, 0.15) is 6.61 Å². The highest BCUT2D eigenvalue weighted by Gasteiger charge is 2.07. The van der Waals surface area contributed by atoms with Crippen molar-refractivity contribution in [2.45, 2.75) is 13.5 Å². The Morgan fingerprint density at radius 1 is 1.14 bits per heavy atom. The molecule has 5 nitrogen and oxygen atoms in total. The molecule has 3 aromatic rings. The highest BCUT2D eigenvalue weighted by Crippen LogP contribution is 2.29. The Kier molecular flexibility index (Phi) is 7.06. The summed E-state index contributed by atoms with van der Waals surface area (Å²) in [6.07, 6.45) is 1.57. The summed E-state index contributed by atoms with van der Waals surface area (Å²) in [7, 11) is 0. The minimum absolute atomic E-state index is 0.237. The van der Waals surface area contributed by atoms with Gasteiger partial charge in [0.05, 0.1) is 17.7 Å². The van der Waals surface area contributed by atoms with Crippen molar-refractivity contribution in [1.82, 2.24) is 5.43 Å². The third kappa shape index (κ3) is 5.58. The molecule has 1 aromatic heterocycles. The molecule has 0 saturated carbocycles. The van der Waals surface area contributed by atoms with Crippen molar-refractivity contribution < 1.29 is 14.3 Å². The number of amides is 1. The molecule has 1 N–H and O–H groups in total. The number of rotatable bonds is 8. The van der Waals surface area contributed by atoms with Crippen LogP contribution < -0.4 is 14.9 Å². The van der Waals surface area contributed by atoms with Crippen LogP contribution in [-0.2, 0) is 6.61 Å². The van der Waals surface area contributed by atoms with Crippen molar-refractivity contribution in [1.29, 1.82) is 0 Å². The quantitative estimate of drug-likeness (QED) is 0.410. The van der Waals surface area contributed by atoms with Crippen molar-refractivity contribution >= 4 is 35.1 Å². The summed E-state index contributed by atoms with van der Waals surface area (Å²) in [5.74, 6) is 1.01. The summed E-state index contributed by atoms with van der Waals surface area (Å²) >= 11 is 7.27. The van der Waals surface area contributed by atoms with Crippen LogP contribution in [0.1, 0.15) is 27.7 Å². The molecule has 3 rings (SSSR count). The lowest BCUT2D eigenvalue weighted by Gasteiger charge is -2.12. The number of carbonyl (C=O) groups is 1. The van der Waals surface area contributed by atoms with Crippen molar-refractivity contribution in [3.8, 4) is 11.5 Å². The fourth-order valence-electron chi connectivity index (χ4n) is 2.36. The van der Waals surface area contributed by atoms with Gasteiger partial charge < -0.3 is 9.47 Å². The first kappa shape index (κ1) is 19.9. The number of ether oxygens (including phenoxy) is 2. The van der Waals surface area contributed by atoms with Gasteiger partial charge in [0.15, 0.2) is 11.5 Å². The second kappa shape index (κ2) is 9.92. The second-order valence-corrected chi connectivity index (χ2v) is 7.11. The average molecular weight is 415 g/mol. The Bertz CT molecular complexity index is 941. The number of hydrogen-bond acceptors (Lipinski definition) is 5. The molecule has 0 radical (unpaired) electrons. The normalized spacial score (nSPS) is 10.8. The molecule has 0 aliphatic carbocycles. The number of nitrogens with zero attached hydrogens (tertiary/aromatic N) is 1. The molecular formula is C21H19ClN2O3S. The number of halogens is 1. The lowest BCUT2D eigenvalue weighted by atomic mass is 10.2. The van der Waals surface area contributed by atoms with Crippen molar-refractivity contribution in [2.24, 2.45) is 5.10 Å². The number of thiophene rings is 1. The van der Waals surface area contributed by atoms with Crippen LogP contribution in [-0.4, -0.2) is 18.7 Å². The van der Waals surface area contributed by atoms with E-state index in [0.29, 0.717) is 34.6 Å². The molecule has 0 saturated heterocycles. The second-order valence-electron chi connectivity index (χ2n) is 5.73. The number of carbonyl (C=O) groups excluding carboxylic acids is 1. The van der Waals surface area contributed by atoms with Crippen LogP contribution in [0.4, 0.5) is 0 Å². The predicted molar refractivity (Wildman–Crippen MR) is 113 cm³/mol. The summed E-state index contributed by atoms with van der Waals surface area (Å²) < 4.78 is 11.6. The van der Waals surface area contributed by atoms with E-state index in [1.165, 1.54) is 11.3 Å². The molecule has 144 valence electrons. The van der Waals surface area contributed by atoms with E-state index >= 15 is 0 Å². The van der Waals surface area contributed by atoms with Gasteiger partial charge in [-0.25, -0.2) is 5.43 Å². The lowest BCUT2D eigenvalue weighted by molar-refractivity contribution is 0.0959. The largest absolute Gasteiger partial charge is 0.490 e. The Labute approximate surface area is 172 Å². The van der Waals surface area contributed by atoms with E-state index in [0.717, 1.165) is 11.1 Å². The summed E-state index contributed by atoms with van der Waals surface area (Å²) in [5, 5.41) is 6.53. The molecule has 7 heteroatoms. The highest BCUT2D eigenvalue weighted by molar-refractivity contribution is 7.12. The molecule has 0 spiro atoms. The van der Waals surface area contributed by atoms with E-state index in [1.54, 1.807) is 12.3 Å². The SMILES string of the molecule is CCOc1cc(C=NNC(=O)c2cccs2)ccc1OCc1ccc(Cl)cc1. The van der Waals surface area contributed by atoms with Gasteiger partial charge in [-0.15, -0.1) is 11.3 Å². The van der Waals surface area contributed by atoms with Gasteiger partial charge in [-0.05, 0) is 59.8 Å². The summed E-state index contributed by atoms with van der Waals surface area (Å²) in [6.45, 7) is 2.82. The molecule has 0 aliphatic rings. The van der Waals surface area contributed by atoms with Crippen LogP contribution in [0, 0.1) is 0 Å². The zero-order chi connectivity index (χ0) is 19.8. The molecule has 0 aliphatic heterocycles. The fraction of sp³-hybridized carbons (Fsp3) is 0.143. The van der Waals surface area contributed by atoms with Crippen molar-refractivity contribution in [3.05, 3.63) is 81.0 Å². The molecule has 0 fully saturated rings. The maximum atomic E-state index is 11.9. The van der Waals surface area contributed by atoms with Gasteiger partial charge in [0, 0.05) is 5.02 Å². The number of nitrogens with one attached hydrogen (secondary N) is 1. The Balaban J connectivity index is 1.65. The van der Waals surface area contributed by atoms with Gasteiger partial charge in [0.2, 0.25) is 0 Å². The Morgan fingerprint density at radius 3 is 2.68 bits per heavy atom. The zero-order valence-corrected chi connectivity index (χ0v) is 16.8. The first-order valence-electron chi connectivity index (χ1n) is 8.66. The van der Waals surface area contributed by atoms with Crippen LogP contribution in [0.15, 0.2) is 65.1 Å². The molecule has 2 aromatic carbocycles.